The molecule has 2 heterocycles. The summed E-state index contributed by atoms with van der Waals surface area (Å²) in [6.07, 6.45) is 5.78. The van der Waals surface area contributed by atoms with Gasteiger partial charge in [0, 0.05) is 31.9 Å². The van der Waals surface area contributed by atoms with Gasteiger partial charge in [-0.2, -0.15) is 0 Å². The van der Waals surface area contributed by atoms with E-state index < -0.39 is 0 Å². The van der Waals surface area contributed by atoms with E-state index in [0.717, 1.165) is 5.82 Å². The highest BCUT2D eigenvalue weighted by atomic mass is 15.2. The molecule has 0 aromatic carbocycles. The number of hydrogen-bond donors (Lipinski definition) is 0. The summed E-state index contributed by atoms with van der Waals surface area (Å²) in [5, 5.41) is 0. The first-order valence-electron chi connectivity index (χ1n) is 6.02. The van der Waals surface area contributed by atoms with Crippen molar-refractivity contribution in [3.63, 3.8) is 0 Å². The Bertz CT molecular complexity index is 349. The molecule has 88 valence electrons. The van der Waals surface area contributed by atoms with E-state index in [1.165, 1.54) is 31.4 Å². The molecule has 1 aliphatic heterocycles. The van der Waals surface area contributed by atoms with E-state index in [-0.39, 0.29) is 0 Å². The summed E-state index contributed by atoms with van der Waals surface area (Å²) >= 11 is 0. The van der Waals surface area contributed by atoms with Crippen molar-refractivity contribution in [2.45, 2.75) is 25.3 Å². The van der Waals surface area contributed by atoms with Gasteiger partial charge in [0.05, 0.1) is 0 Å². The highest BCUT2D eigenvalue weighted by molar-refractivity contribution is 5.47. The molecule has 1 saturated heterocycles. The fourth-order valence-corrected chi connectivity index (χ4v) is 2.51. The molecule has 1 fully saturated rings. The van der Waals surface area contributed by atoms with Gasteiger partial charge in [-0.1, -0.05) is 12.5 Å². The third-order valence-corrected chi connectivity index (χ3v) is 3.37. The molecule has 0 bridgehead atoms. The maximum Gasteiger partial charge on any atom is 0.132 e. The van der Waals surface area contributed by atoms with Crippen LogP contribution in [0.1, 0.15) is 30.9 Å². The van der Waals surface area contributed by atoms with Crippen molar-refractivity contribution in [1.82, 2.24) is 9.88 Å². The minimum Gasteiger partial charge on any atom is -0.362 e. The minimum atomic E-state index is 0.542. The van der Waals surface area contributed by atoms with E-state index in [9.17, 15) is 0 Å². The fourth-order valence-electron chi connectivity index (χ4n) is 2.51. The largest absolute Gasteiger partial charge is 0.362 e. The summed E-state index contributed by atoms with van der Waals surface area (Å²) in [5.41, 5.74) is 1.37. The van der Waals surface area contributed by atoms with Crippen LogP contribution in [-0.2, 0) is 0 Å². The molecular formula is C13H21N3. The molecule has 1 aromatic rings. The summed E-state index contributed by atoms with van der Waals surface area (Å²) < 4.78 is 0. The summed E-state index contributed by atoms with van der Waals surface area (Å²) in [7, 11) is 6.35. The summed E-state index contributed by atoms with van der Waals surface area (Å²) in [4.78, 5) is 9.05. The maximum absolute atomic E-state index is 4.49. The van der Waals surface area contributed by atoms with Crippen LogP contribution < -0.4 is 4.90 Å². The van der Waals surface area contributed by atoms with E-state index in [1.54, 1.807) is 0 Å². The molecule has 0 radical (unpaired) electrons. The molecule has 3 heteroatoms. The van der Waals surface area contributed by atoms with Crippen LogP contribution in [0.5, 0.6) is 0 Å². The Kier molecular flexibility index (Phi) is 3.44. The van der Waals surface area contributed by atoms with Crippen LogP contribution in [0, 0.1) is 0 Å². The zero-order valence-electron chi connectivity index (χ0n) is 10.5. The Morgan fingerprint density at radius 3 is 2.88 bits per heavy atom. The Hall–Kier alpha value is -1.09. The molecule has 1 aromatic heterocycles. The third kappa shape index (κ3) is 2.19. The van der Waals surface area contributed by atoms with Gasteiger partial charge < -0.3 is 4.90 Å². The fraction of sp³-hybridized carbons (Fsp3) is 0.615. The van der Waals surface area contributed by atoms with Gasteiger partial charge in [-0.15, -0.1) is 0 Å². The normalized spacial score (nSPS) is 22.1. The predicted octanol–water partition coefficient (Wildman–Crippen LogP) is 2.30. The lowest BCUT2D eigenvalue weighted by Gasteiger charge is -2.34. The lowest BCUT2D eigenvalue weighted by molar-refractivity contribution is 0.187. The smallest absolute Gasteiger partial charge is 0.132 e. The van der Waals surface area contributed by atoms with Gasteiger partial charge in [0.2, 0.25) is 0 Å². The standard InChI is InChI=1S/C13H21N3/c1-15(2)13-11(7-6-9-14-13)12-8-4-5-10-16(12)3/h6-7,9,12H,4-5,8,10H2,1-3H3/t12-/m0/s1. The number of anilines is 1. The highest BCUT2D eigenvalue weighted by Gasteiger charge is 2.23. The molecule has 16 heavy (non-hydrogen) atoms. The molecule has 0 saturated carbocycles. The quantitative estimate of drug-likeness (QED) is 0.761. The van der Waals surface area contributed by atoms with Gasteiger partial charge in [0.1, 0.15) is 5.82 Å². The van der Waals surface area contributed by atoms with Gasteiger partial charge in [-0.05, 0) is 32.5 Å². The van der Waals surface area contributed by atoms with Crippen molar-refractivity contribution < 1.29 is 0 Å². The van der Waals surface area contributed by atoms with Crippen LogP contribution in [0.15, 0.2) is 18.3 Å². The first-order valence-corrected chi connectivity index (χ1v) is 6.02. The molecule has 0 spiro atoms. The molecular weight excluding hydrogens is 198 g/mol. The molecule has 1 atom stereocenters. The first-order chi connectivity index (χ1) is 7.70. The van der Waals surface area contributed by atoms with E-state index in [0.29, 0.717) is 6.04 Å². The Morgan fingerprint density at radius 2 is 2.19 bits per heavy atom. The van der Waals surface area contributed by atoms with Crippen LogP contribution in [0.4, 0.5) is 5.82 Å². The van der Waals surface area contributed by atoms with Crippen molar-refractivity contribution >= 4 is 5.82 Å². The van der Waals surface area contributed by atoms with E-state index in [1.807, 2.05) is 12.3 Å². The topological polar surface area (TPSA) is 19.4 Å². The minimum absolute atomic E-state index is 0.542. The molecule has 0 amide bonds. The van der Waals surface area contributed by atoms with Crippen molar-refractivity contribution in [2.24, 2.45) is 0 Å². The molecule has 2 rings (SSSR count). The second kappa shape index (κ2) is 4.83. The Morgan fingerprint density at radius 1 is 1.38 bits per heavy atom. The zero-order valence-corrected chi connectivity index (χ0v) is 10.5. The van der Waals surface area contributed by atoms with Crippen molar-refractivity contribution in [3.05, 3.63) is 23.9 Å². The molecule has 0 N–H and O–H groups in total. The summed E-state index contributed by atoms with van der Waals surface area (Å²) in [5.74, 6) is 1.11. The predicted molar refractivity (Wildman–Crippen MR) is 67.8 cm³/mol. The second-order valence-corrected chi connectivity index (χ2v) is 4.80. The summed E-state index contributed by atoms with van der Waals surface area (Å²) in [6.45, 7) is 1.20. The van der Waals surface area contributed by atoms with Crippen molar-refractivity contribution in [2.75, 3.05) is 32.6 Å². The lowest BCUT2D eigenvalue weighted by atomic mass is 9.96. The average molecular weight is 219 g/mol. The second-order valence-electron chi connectivity index (χ2n) is 4.80. The lowest BCUT2D eigenvalue weighted by Crippen LogP contribution is -2.31. The highest BCUT2D eigenvalue weighted by Crippen LogP contribution is 2.33. The van der Waals surface area contributed by atoms with Crippen LogP contribution in [-0.4, -0.2) is 37.6 Å². The number of aromatic nitrogens is 1. The van der Waals surface area contributed by atoms with Gasteiger partial charge in [0.25, 0.3) is 0 Å². The molecule has 1 aliphatic rings. The van der Waals surface area contributed by atoms with Crippen LogP contribution >= 0.6 is 0 Å². The van der Waals surface area contributed by atoms with Crippen molar-refractivity contribution in [1.29, 1.82) is 0 Å². The van der Waals surface area contributed by atoms with E-state index >= 15 is 0 Å². The monoisotopic (exact) mass is 219 g/mol. The Labute approximate surface area is 98.1 Å². The maximum atomic E-state index is 4.49. The van der Waals surface area contributed by atoms with Crippen molar-refractivity contribution in [3.8, 4) is 0 Å². The first kappa shape index (κ1) is 11.4. The molecule has 3 nitrogen and oxygen atoms in total. The van der Waals surface area contributed by atoms with E-state index in [2.05, 4.69) is 42.0 Å². The Balaban J connectivity index is 2.31. The third-order valence-electron chi connectivity index (χ3n) is 3.37. The van der Waals surface area contributed by atoms with Crippen LogP contribution in [0.3, 0.4) is 0 Å². The van der Waals surface area contributed by atoms with Gasteiger partial charge in [-0.3, -0.25) is 4.90 Å². The molecule has 0 aliphatic carbocycles. The zero-order chi connectivity index (χ0) is 11.5. The number of piperidine rings is 1. The SMILES string of the molecule is CN(C)c1ncccc1[C@@H]1CCCCN1C. The number of nitrogens with zero attached hydrogens (tertiary/aromatic N) is 3. The van der Waals surface area contributed by atoms with Crippen LogP contribution in [0.2, 0.25) is 0 Å². The number of likely N-dealkylation sites (tertiary alicyclic amines) is 1. The summed E-state index contributed by atoms with van der Waals surface area (Å²) in [6, 6.07) is 4.81. The van der Waals surface area contributed by atoms with Crippen LogP contribution in [0.25, 0.3) is 0 Å². The van der Waals surface area contributed by atoms with E-state index in [4.69, 9.17) is 0 Å². The van der Waals surface area contributed by atoms with Gasteiger partial charge in [0.15, 0.2) is 0 Å². The van der Waals surface area contributed by atoms with Gasteiger partial charge in [-0.25, -0.2) is 4.98 Å². The number of pyridine rings is 1. The molecule has 0 unspecified atom stereocenters. The number of rotatable bonds is 2. The van der Waals surface area contributed by atoms with Gasteiger partial charge >= 0.3 is 0 Å². The average Bonchev–Trinajstić information content (AvgIpc) is 2.29. The number of hydrogen-bond acceptors (Lipinski definition) is 3.